The van der Waals surface area contributed by atoms with Gasteiger partial charge in [-0.05, 0) is 42.8 Å². The number of halogens is 1. The SMILES string of the molecule is COc1ccc(C=C2N=C(c3cccc(C)c3)OC2=O)cc1F. The number of esters is 1. The predicted octanol–water partition coefficient (Wildman–Crippen LogP) is 3.49. The Kier molecular flexibility index (Phi) is 3.93. The zero-order valence-corrected chi connectivity index (χ0v) is 12.7. The van der Waals surface area contributed by atoms with E-state index in [9.17, 15) is 9.18 Å². The summed E-state index contributed by atoms with van der Waals surface area (Å²) in [5.74, 6) is -0.669. The van der Waals surface area contributed by atoms with Crippen molar-refractivity contribution in [2.45, 2.75) is 6.92 Å². The first kappa shape index (κ1) is 15.0. The van der Waals surface area contributed by atoms with E-state index in [4.69, 9.17) is 9.47 Å². The lowest BCUT2D eigenvalue weighted by Crippen LogP contribution is -2.05. The average Bonchev–Trinajstić information content (AvgIpc) is 2.89. The van der Waals surface area contributed by atoms with Gasteiger partial charge < -0.3 is 9.47 Å². The molecule has 0 spiro atoms. The van der Waals surface area contributed by atoms with E-state index in [0.29, 0.717) is 5.56 Å². The van der Waals surface area contributed by atoms with Crippen molar-refractivity contribution in [3.05, 3.63) is 70.7 Å². The maximum Gasteiger partial charge on any atom is 0.363 e. The van der Waals surface area contributed by atoms with Crippen LogP contribution in [-0.2, 0) is 9.53 Å². The van der Waals surface area contributed by atoms with Crippen molar-refractivity contribution in [2.75, 3.05) is 7.11 Å². The second-order valence-electron chi connectivity index (χ2n) is 5.10. The summed E-state index contributed by atoms with van der Waals surface area (Å²) < 4.78 is 23.8. The van der Waals surface area contributed by atoms with E-state index < -0.39 is 11.8 Å². The quantitative estimate of drug-likeness (QED) is 0.644. The van der Waals surface area contributed by atoms with E-state index in [2.05, 4.69) is 4.99 Å². The molecule has 0 amide bonds. The minimum atomic E-state index is -0.558. The zero-order chi connectivity index (χ0) is 16.4. The minimum Gasteiger partial charge on any atom is -0.494 e. The molecule has 0 N–H and O–H groups in total. The number of cyclic esters (lactones) is 1. The Morgan fingerprint density at radius 3 is 2.74 bits per heavy atom. The van der Waals surface area contributed by atoms with Gasteiger partial charge in [-0.1, -0.05) is 23.8 Å². The van der Waals surface area contributed by atoms with Gasteiger partial charge in [0.2, 0.25) is 5.90 Å². The first-order chi connectivity index (χ1) is 11.1. The summed E-state index contributed by atoms with van der Waals surface area (Å²) >= 11 is 0. The van der Waals surface area contributed by atoms with E-state index in [1.165, 1.54) is 25.3 Å². The lowest BCUT2D eigenvalue weighted by atomic mass is 10.1. The highest BCUT2D eigenvalue weighted by molar-refractivity contribution is 6.12. The highest BCUT2D eigenvalue weighted by Crippen LogP contribution is 2.22. The molecule has 4 nitrogen and oxygen atoms in total. The van der Waals surface area contributed by atoms with E-state index in [1.807, 2.05) is 31.2 Å². The molecule has 3 rings (SSSR count). The summed E-state index contributed by atoms with van der Waals surface area (Å²) in [6, 6.07) is 11.9. The Balaban J connectivity index is 1.93. The van der Waals surface area contributed by atoms with E-state index in [0.717, 1.165) is 11.1 Å². The lowest BCUT2D eigenvalue weighted by molar-refractivity contribution is -0.129. The molecule has 0 aromatic heterocycles. The summed E-state index contributed by atoms with van der Waals surface area (Å²) in [7, 11) is 1.39. The Morgan fingerprint density at radius 2 is 2.04 bits per heavy atom. The van der Waals surface area contributed by atoms with Gasteiger partial charge in [-0.2, -0.15) is 0 Å². The fourth-order valence-corrected chi connectivity index (χ4v) is 2.24. The van der Waals surface area contributed by atoms with Crippen LogP contribution in [0.25, 0.3) is 6.08 Å². The number of ether oxygens (including phenoxy) is 2. The molecule has 116 valence electrons. The highest BCUT2D eigenvalue weighted by atomic mass is 19.1. The molecule has 23 heavy (non-hydrogen) atoms. The largest absolute Gasteiger partial charge is 0.494 e. The maximum absolute atomic E-state index is 13.7. The number of hydrogen-bond donors (Lipinski definition) is 0. The third kappa shape index (κ3) is 3.13. The van der Waals surface area contributed by atoms with Crippen LogP contribution in [0.5, 0.6) is 5.75 Å². The molecule has 1 heterocycles. The Labute approximate surface area is 132 Å². The van der Waals surface area contributed by atoms with E-state index in [1.54, 1.807) is 6.07 Å². The van der Waals surface area contributed by atoms with Crippen LogP contribution < -0.4 is 4.74 Å². The summed E-state index contributed by atoms with van der Waals surface area (Å²) in [6.07, 6.45) is 1.48. The topological polar surface area (TPSA) is 47.9 Å². The molecule has 0 bridgehead atoms. The molecule has 0 radical (unpaired) electrons. The second kappa shape index (κ2) is 6.04. The molecule has 0 unspecified atom stereocenters. The summed E-state index contributed by atoms with van der Waals surface area (Å²) in [5, 5.41) is 0. The second-order valence-corrected chi connectivity index (χ2v) is 5.10. The lowest BCUT2D eigenvalue weighted by Gasteiger charge is -2.01. The number of benzene rings is 2. The van der Waals surface area contributed by atoms with Crippen LogP contribution in [0.2, 0.25) is 0 Å². The van der Waals surface area contributed by atoms with Crippen molar-refractivity contribution in [2.24, 2.45) is 4.99 Å². The molecular formula is C18H14FNO3. The molecule has 0 aliphatic carbocycles. The minimum absolute atomic E-state index is 0.131. The number of carbonyl (C=O) groups is 1. The molecule has 0 saturated heterocycles. The van der Waals surface area contributed by atoms with Crippen LogP contribution in [0.3, 0.4) is 0 Å². The molecule has 0 saturated carbocycles. The molecule has 2 aromatic carbocycles. The Bertz CT molecular complexity index is 840. The van der Waals surface area contributed by atoms with E-state index >= 15 is 0 Å². The fraction of sp³-hybridized carbons (Fsp3) is 0.111. The van der Waals surface area contributed by atoms with Crippen molar-refractivity contribution >= 4 is 17.9 Å². The smallest absolute Gasteiger partial charge is 0.363 e. The Hall–Kier alpha value is -2.95. The van der Waals surface area contributed by atoms with Crippen molar-refractivity contribution < 1.29 is 18.7 Å². The number of aryl methyl sites for hydroxylation is 1. The zero-order valence-electron chi connectivity index (χ0n) is 12.7. The van der Waals surface area contributed by atoms with Gasteiger partial charge in [0.1, 0.15) is 0 Å². The van der Waals surface area contributed by atoms with Gasteiger partial charge >= 0.3 is 5.97 Å². The standard InChI is InChI=1S/C18H14FNO3/c1-11-4-3-5-13(8-11)17-20-15(18(21)23-17)10-12-6-7-16(22-2)14(19)9-12/h3-10H,1-2H3. The van der Waals surface area contributed by atoms with Crippen LogP contribution in [0, 0.1) is 12.7 Å². The first-order valence-electron chi connectivity index (χ1n) is 7.00. The average molecular weight is 311 g/mol. The third-order valence-electron chi connectivity index (χ3n) is 3.36. The van der Waals surface area contributed by atoms with Gasteiger partial charge in [0, 0.05) is 5.56 Å². The number of methoxy groups -OCH3 is 1. The van der Waals surface area contributed by atoms with Crippen LogP contribution in [0.4, 0.5) is 4.39 Å². The molecule has 1 aliphatic heterocycles. The van der Waals surface area contributed by atoms with Crippen LogP contribution >= 0.6 is 0 Å². The number of carbonyl (C=O) groups excluding carboxylic acids is 1. The van der Waals surface area contributed by atoms with Crippen LogP contribution in [-0.4, -0.2) is 19.0 Å². The normalized spacial score (nSPS) is 15.5. The summed E-state index contributed by atoms with van der Waals surface area (Å²) in [4.78, 5) is 16.1. The Morgan fingerprint density at radius 1 is 1.22 bits per heavy atom. The first-order valence-corrected chi connectivity index (χ1v) is 7.00. The summed E-state index contributed by atoms with van der Waals surface area (Å²) in [5.41, 5.74) is 2.40. The predicted molar refractivity (Wildman–Crippen MR) is 84.7 cm³/mol. The van der Waals surface area contributed by atoms with Crippen molar-refractivity contribution in [3.63, 3.8) is 0 Å². The molecule has 2 aromatic rings. The van der Waals surface area contributed by atoms with Crippen molar-refractivity contribution in [3.8, 4) is 5.75 Å². The van der Waals surface area contributed by atoms with Gasteiger partial charge in [-0.25, -0.2) is 14.2 Å². The van der Waals surface area contributed by atoms with Gasteiger partial charge in [0.15, 0.2) is 17.3 Å². The van der Waals surface area contributed by atoms with Gasteiger partial charge in [0.25, 0.3) is 0 Å². The monoisotopic (exact) mass is 311 g/mol. The van der Waals surface area contributed by atoms with Gasteiger partial charge in [-0.3, -0.25) is 0 Å². The van der Waals surface area contributed by atoms with E-state index in [-0.39, 0.29) is 17.3 Å². The maximum atomic E-state index is 13.7. The van der Waals surface area contributed by atoms with Crippen LogP contribution in [0.15, 0.2) is 53.2 Å². The summed E-state index contributed by atoms with van der Waals surface area (Å²) in [6.45, 7) is 1.94. The number of nitrogens with zero attached hydrogens (tertiary/aromatic N) is 1. The fourth-order valence-electron chi connectivity index (χ4n) is 2.24. The van der Waals surface area contributed by atoms with Gasteiger partial charge in [0.05, 0.1) is 7.11 Å². The van der Waals surface area contributed by atoms with Gasteiger partial charge in [-0.15, -0.1) is 0 Å². The third-order valence-corrected chi connectivity index (χ3v) is 3.36. The van der Waals surface area contributed by atoms with Crippen molar-refractivity contribution in [1.29, 1.82) is 0 Å². The molecule has 1 aliphatic rings. The number of aliphatic imine (C=N–C) groups is 1. The van der Waals surface area contributed by atoms with Crippen LogP contribution in [0.1, 0.15) is 16.7 Å². The molecular weight excluding hydrogens is 297 g/mol. The molecule has 0 atom stereocenters. The molecule has 5 heteroatoms. The number of hydrogen-bond acceptors (Lipinski definition) is 4. The number of rotatable bonds is 3. The highest BCUT2D eigenvalue weighted by Gasteiger charge is 2.24. The molecule has 0 fully saturated rings. The van der Waals surface area contributed by atoms with Crippen molar-refractivity contribution in [1.82, 2.24) is 0 Å².